The summed E-state index contributed by atoms with van der Waals surface area (Å²) < 4.78 is 18.6. The summed E-state index contributed by atoms with van der Waals surface area (Å²) in [7, 11) is 0. The Morgan fingerprint density at radius 2 is 2.00 bits per heavy atom. The Morgan fingerprint density at radius 3 is 2.73 bits per heavy atom. The van der Waals surface area contributed by atoms with Gasteiger partial charge in [0.1, 0.15) is 11.4 Å². The van der Waals surface area contributed by atoms with Gasteiger partial charge in [-0.15, -0.1) is 12.4 Å². The van der Waals surface area contributed by atoms with Gasteiger partial charge in [0.25, 0.3) is 5.91 Å². The molecule has 2 heterocycles. The predicted octanol–water partition coefficient (Wildman–Crippen LogP) is 1.84. The molecular formula is C15H16ClFN2O3. The van der Waals surface area contributed by atoms with Gasteiger partial charge in [-0.25, -0.2) is 4.39 Å². The molecule has 0 saturated carbocycles. The van der Waals surface area contributed by atoms with E-state index in [2.05, 4.69) is 10.6 Å². The molecule has 5 nitrogen and oxygen atoms in total. The van der Waals surface area contributed by atoms with E-state index in [1.165, 1.54) is 12.1 Å². The van der Waals surface area contributed by atoms with Crippen LogP contribution >= 0.6 is 12.4 Å². The van der Waals surface area contributed by atoms with Gasteiger partial charge in [0.2, 0.25) is 0 Å². The van der Waals surface area contributed by atoms with Crippen LogP contribution in [0.25, 0.3) is 11.0 Å². The lowest BCUT2D eigenvalue weighted by atomic mass is 10.1. The number of fused-ring (bicyclic) bond motifs is 1. The monoisotopic (exact) mass is 326 g/mol. The van der Waals surface area contributed by atoms with E-state index in [9.17, 15) is 14.0 Å². The third-order valence-electron chi connectivity index (χ3n) is 3.59. The zero-order valence-electron chi connectivity index (χ0n) is 11.7. The molecule has 118 valence electrons. The Hall–Kier alpha value is -1.92. The first kappa shape index (κ1) is 16.5. The van der Waals surface area contributed by atoms with Crippen LogP contribution < -0.4 is 16.1 Å². The van der Waals surface area contributed by atoms with Gasteiger partial charge in [0.15, 0.2) is 11.2 Å². The molecule has 2 aromatic rings. The minimum Gasteiger partial charge on any atom is -0.451 e. The van der Waals surface area contributed by atoms with Gasteiger partial charge in [0, 0.05) is 18.2 Å². The molecule has 0 unspecified atom stereocenters. The number of carbonyl (C=O) groups excluding carboxylic acids is 1. The zero-order valence-corrected chi connectivity index (χ0v) is 12.5. The van der Waals surface area contributed by atoms with Gasteiger partial charge in [-0.05, 0) is 38.1 Å². The number of hydrogen-bond acceptors (Lipinski definition) is 4. The van der Waals surface area contributed by atoms with E-state index in [4.69, 9.17) is 4.42 Å². The van der Waals surface area contributed by atoms with Crippen molar-refractivity contribution in [1.82, 2.24) is 10.6 Å². The van der Waals surface area contributed by atoms with Gasteiger partial charge < -0.3 is 15.1 Å². The molecule has 1 amide bonds. The molecule has 22 heavy (non-hydrogen) atoms. The maximum absolute atomic E-state index is 13.2. The van der Waals surface area contributed by atoms with Crippen molar-refractivity contribution in [3.8, 4) is 0 Å². The second-order valence-electron chi connectivity index (χ2n) is 5.11. The first-order chi connectivity index (χ1) is 10.1. The number of rotatable bonds is 2. The smallest absolute Gasteiger partial charge is 0.287 e. The van der Waals surface area contributed by atoms with Gasteiger partial charge >= 0.3 is 0 Å². The third kappa shape index (κ3) is 3.45. The lowest BCUT2D eigenvalue weighted by Gasteiger charge is -2.23. The van der Waals surface area contributed by atoms with Crippen LogP contribution in [0.2, 0.25) is 0 Å². The predicted molar refractivity (Wildman–Crippen MR) is 83.0 cm³/mol. The molecule has 1 fully saturated rings. The summed E-state index contributed by atoms with van der Waals surface area (Å²) >= 11 is 0. The summed E-state index contributed by atoms with van der Waals surface area (Å²) in [6.07, 6.45) is 1.66. The van der Waals surface area contributed by atoms with E-state index in [1.54, 1.807) is 0 Å². The first-order valence-corrected chi connectivity index (χ1v) is 6.88. The molecule has 0 aliphatic carbocycles. The van der Waals surface area contributed by atoms with Crippen molar-refractivity contribution < 1.29 is 13.6 Å². The molecular weight excluding hydrogens is 311 g/mol. The fraction of sp³-hybridized carbons (Fsp3) is 0.333. The van der Waals surface area contributed by atoms with Crippen molar-refractivity contribution in [3.63, 3.8) is 0 Å². The fourth-order valence-electron chi connectivity index (χ4n) is 2.46. The Morgan fingerprint density at radius 1 is 1.27 bits per heavy atom. The molecule has 1 aromatic heterocycles. The standard InChI is InChI=1S/C15H15FN2O3.ClH/c16-9-1-2-11-12(19)8-14(21-13(11)7-9)15(20)18-10-3-5-17-6-4-10;/h1-2,7-8,10,17H,3-6H2,(H,18,20);1H. The van der Waals surface area contributed by atoms with Crippen molar-refractivity contribution in [2.75, 3.05) is 13.1 Å². The average molecular weight is 327 g/mol. The number of amides is 1. The average Bonchev–Trinajstić information content (AvgIpc) is 2.47. The molecule has 1 aliphatic rings. The van der Waals surface area contributed by atoms with Crippen LogP contribution in [0, 0.1) is 5.82 Å². The second-order valence-corrected chi connectivity index (χ2v) is 5.11. The van der Waals surface area contributed by atoms with E-state index in [0.717, 1.165) is 38.1 Å². The molecule has 7 heteroatoms. The van der Waals surface area contributed by atoms with Gasteiger partial charge in [-0.3, -0.25) is 9.59 Å². The van der Waals surface area contributed by atoms with Crippen molar-refractivity contribution in [1.29, 1.82) is 0 Å². The molecule has 1 aromatic carbocycles. The summed E-state index contributed by atoms with van der Waals surface area (Å²) in [6.45, 7) is 1.69. The van der Waals surface area contributed by atoms with Crippen molar-refractivity contribution in [2.24, 2.45) is 0 Å². The highest BCUT2D eigenvalue weighted by Crippen LogP contribution is 2.14. The first-order valence-electron chi connectivity index (χ1n) is 6.88. The number of hydrogen-bond donors (Lipinski definition) is 2. The van der Waals surface area contributed by atoms with Crippen LogP contribution in [0.15, 0.2) is 33.5 Å². The summed E-state index contributed by atoms with van der Waals surface area (Å²) in [4.78, 5) is 24.1. The molecule has 0 atom stereocenters. The minimum atomic E-state index is -0.512. The molecule has 1 aliphatic heterocycles. The Labute approximate surface area is 132 Å². The SMILES string of the molecule is Cl.O=C(NC1CCNCC1)c1cc(=O)c2ccc(F)cc2o1. The van der Waals surface area contributed by atoms with Crippen molar-refractivity contribution in [3.05, 3.63) is 46.1 Å². The van der Waals surface area contributed by atoms with E-state index in [-0.39, 0.29) is 40.6 Å². The van der Waals surface area contributed by atoms with Crippen LogP contribution in [-0.2, 0) is 0 Å². The van der Waals surface area contributed by atoms with Crippen LogP contribution in [0.1, 0.15) is 23.4 Å². The maximum Gasteiger partial charge on any atom is 0.287 e. The lowest BCUT2D eigenvalue weighted by molar-refractivity contribution is 0.0902. The van der Waals surface area contributed by atoms with Gasteiger partial charge in [0.05, 0.1) is 5.39 Å². The number of benzene rings is 1. The third-order valence-corrected chi connectivity index (χ3v) is 3.59. The molecule has 1 saturated heterocycles. The van der Waals surface area contributed by atoms with Crippen LogP contribution in [0.5, 0.6) is 0 Å². The summed E-state index contributed by atoms with van der Waals surface area (Å²) in [5, 5.41) is 6.30. The molecule has 0 bridgehead atoms. The van der Waals surface area contributed by atoms with Crippen LogP contribution in [0.4, 0.5) is 4.39 Å². The van der Waals surface area contributed by atoms with Gasteiger partial charge in [-0.2, -0.15) is 0 Å². The summed E-state index contributed by atoms with van der Waals surface area (Å²) in [5.74, 6) is -1.04. The molecule has 2 N–H and O–H groups in total. The van der Waals surface area contributed by atoms with Crippen molar-refractivity contribution >= 4 is 29.3 Å². The Bertz CT molecular complexity index is 741. The topological polar surface area (TPSA) is 71.3 Å². The minimum absolute atomic E-state index is 0. The number of nitrogens with one attached hydrogen (secondary N) is 2. The highest BCUT2D eigenvalue weighted by Gasteiger charge is 2.19. The maximum atomic E-state index is 13.2. The molecule has 0 radical (unpaired) electrons. The zero-order chi connectivity index (χ0) is 14.8. The quantitative estimate of drug-likeness (QED) is 0.883. The summed E-state index contributed by atoms with van der Waals surface area (Å²) in [6, 6.07) is 4.86. The Balaban J connectivity index is 0.00000176. The number of piperidine rings is 1. The lowest BCUT2D eigenvalue weighted by Crippen LogP contribution is -2.42. The van der Waals surface area contributed by atoms with E-state index in [0.29, 0.717) is 0 Å². The van der Waals surface area contributed by atoms with E-state index >= 15 is 0 Å². The second kappa shape index (κ2) is 6.89. The van der Waals surface area contributed by atoms with Gasteiger partial charge in [-0.1, -0.05) is 0 Å². The largest absolute Gasteiger partial charge is 0.451 e. The highest BCUT2D eigenvalue weighted by atomic mass is 35.5. The van der Waals surface area contributed by atoms with Crippen LogP contribution in [-0.4, -0.2) is 25.0 Å². The summed E-state index contributed by atoms with van der Waals surface area (Å²) in [5.41, 5.74) is -0.273. The molecule has 0 spiro atoms. The number of carbonyl (C=O) groups is 1. The fourth-order valence-corrected chi connectivity index (χ4v) is 2.46. The van der Waals surface area contributed by atoms with E-state index < -0.39 is 11.7 Å². The highest BCUT2D eigenvalue weighted by molar-refractivity contribution is 5.93. The van der Waals surface area contributed by atoms with E-state index in [1.807, 2.05) is 0 Å². The molecule has 3 rings (SSSR count). The van der Waals surface area contributed by atoms with Crippen LogP contribution in [0.3, 0.4) is 0 Å². The normalized spacial score (nSPS) is 15.3. The Kier molecular flexibility index (Phi) is 5.15. The number of halogens is 2. The van der Waals surface area contributed by atoms with Crippen molar-refractivity contribution in [2.45, 2.75) is 18.9 Å².